The van der Waals surface area contributed by atoms with E-state index in [1.807, 2.05) is 29.2 Å². The van der Waals surface area contributed by atoms with Crippen molar-refractivity contribution < 1.29 is 0 Å². The molecule has 1 heterocycles. The summed E-state index contributed by atoms with van der Waals surface area (Å²) in [6.07, 6.45) is 0. The molecule has 94 valence electrons. The SMILES string of the molecule is Cl.NC1=NCC(c2ccccc2Cl)N1CCCl. The number of nitrogens with zero attached hydrogens (tertiary/aromatic N) is 2. The summed E-state index contributed by atoms with van der Waals surface area (Å²) in [5, 5.41) is 0.747. The van der Waals surface area contributed by atoms with E-state index in [2.05, 4.69) is 4.99 Å². The molecule has 1 aliphatic rings. The number of nitrogens with two attached hydrogens (primary N) is 1. The number of alkyl halides is 1. The van der Waals surface area contributed by atoms with Crippen LogP contribution in [0.25, 0.3) is 0 Å². The first-order valence-corrected chi connectivity index (χ1v) is 6.02. The van der Waals surface area contributed by atoms with Crippen LogP contribution < -0.4 is 5.73 Å². The van der Waals surface area contributed by atoms with Crippen LogP contribution in [-0.4, -0.2) is 29.8 Å². The highest BCUT2D eigenvalue weighted by Gasteiger charge is 2.27. The van der Waals surface area contributed by atoms with Crippen LogP contribution in [0.15, 0.2) is 29.3 Å². The first-order valence-electron chi connectivity index (χ1n) is 5.11. The summed E-state index contributed by atoms with van der Waals surface area (Å²) in [5.41, 5.74) is 6.87. The van der Waals surface area contributed by atoms with E-state index in [9.17, 15) is 0 Å². The zero-order chi connectivity index (χ0) is 11.5. The number of aliphatic imine (C=N–C) groups is 1. The molecule has 0 aromatic heterocycles. The van der Waals surface area contributed by atoms with Crippen molar-refractivity contribution in [3.63, 3.8) is 0 Å². The highest BCUT2D eigenvalue weighted by molar-refractivity contribution is 6.31. The van der Waals surface area contributed by atoms with Crippen LogP contribution in [0.4, 0.5) is 0 Å². The Morgan fingerprint density at radius 1 is 1.41 bits per heavy atom. The molecule has 2 rings (SSSR count). The Hall–Kier alpha value is -0.640. The first kappa shape index (κ1) is 14.4. The van der Waals surface area contributed by atoms with Crippen LogP contribution in [-0.2, 0) is 0 Å². The van der Waals surface area contributed by atoms with E-state index >= 15 is 0 Å². The second-order valence-electron chi connectivity index (χ2n) is 3.62. The van der Waals surface area contributed by atoms with Crippen molar-refractivity contribution in [2.45, 2.75) is 6.04 Å². The molecule has 1 unspecified atom stereocenters. The lowest BCUT2D eigenvalue weighted by molar-refractivity contribution is 0.366. The Bertz CT molecular complexity index is 409. The number of hydrogen-bond donors (Lipinski definition) is 1. The first-order chi connectivity index (χ1) is 7.74. The fourth-order valence-electron chi connectivity index (χ4n) is 1.90. The van der Waals surface area contributed by atoms with Crippen molar-refractivity contribution in [3.05, 3.63) is 34.9 Å². The Kier molecular flexibility index (Phi) is 5.37. The predicted octanol–water partition coefficient (Wildman–Crippen LogP) is 2.67. The van der Waals surface area contributed by atoms with Crippen LogP contribution in [0.3, 0.4) is 0 Å². The van der Waals surface area contributed by atoms with Gasteiger partial charge in [0.05, 0.1) is 12.6 Å². The molecular formula is C11H14Cl3N3. The molecule has 17 heavy (non-hydrogen) atoms. The van der Waals surface area contributed by atoms with Gasteiger partial charge in [0, 0.05) is 17.4 Å². The summed E-state index contributed by atoms with van der Waals surface area (Å²) >= 11 is 11.9. The van der Waals surface area contributed by atoms with E-state index in [0.717, 1.165) is 10.6 Å². The lowest BCUT2D eigenvalue weighted by Gasteiger charge is -2.26. The van der Waals surface area contributed by atoms with E-state index in [4.69, 9.17) is 28.9 Å². The van der Waals surface area contributed by atoms with Crippen LogP contribution in [0, 0.1) is 0 Å². The fourth-order valence-corrected chi connectivity index (χ4v) is 2.35. The molecule has 0 aliphatic carbocycles. The summed E-state index contributed by atoms with van der Waals surface area (Å²) in [5.74, 6) is 1.07. The van der Waals surface area contributed by atoms with Crippen molar-refractivity contribution in [1.29, 1.82) is 0 Å². The zero-order valence-electron chi connectivity index (χ0n) is 9.14. The van der Waals surface area contributed by atoms with Gasteiger partial charge in [-0.2, -0.15) is 0 Å². The minimum Gasteiger partial charge on any atom is -0.370 e. The number of rotatable bonds is 3. The van der Waals surface area contributed by atoms with Crippen molar-refractivity contribution >= 4 is 41.6 Å². The van der Waals surface area contributed by atoms with Crippen LogP contribution in [0.1, 0.15) is 11.6 Å². The van der Waals surface area contributed by atoms with Crippen LogP contribution in [0.5, 0.6) is 0 Å². The average Bonchev–Trinajstić information content (AvgIpc) is 2.62. The lowest BCUT2D eigenvalue weighted by atomic mass is 10.1. The van der Waals surface area contributed by atoms with Gasteiger partial charge in [0.1, 0.15) is 0 Å². The third-order valence-electron chi connectivity index (χ3n) is 2.69. The summed E-state index contributed by atoms with van der Waals surface area (Å²) in [6.45, 7) is 1.33. The van der Waals surface area contributed by atoms with Crippen LogP contribution >= 0.6 is 35.6 Å². The van der Waals surface area contributed by atoms with E-state index in [1.165, 1.54) is 0 Å². The topological polar surface area (TPSA) is 41.6 Å². The standard InChI is InChI=1S/C11H13Cl2N3.ClH/c12-5-6-16-10(7-15-11(16)14)8-3-1-2-4-9(8)13;/h1-4,10H,5-7H2,(H2,14,15);1H. The van der Waals surface area contributed by atoms with Gasteiger partial charge in [0.15, 0.2) is 5.96 Å². The average molecular weight is 295 g/mol. The molecule has 1 aromatic rings. The molecule has 2 N–H and O–H groups in total. The van der Waals surface area contributed by atoms with Gasteiger partial charge in [0.2, 0.25) is 0 Å². The molecule has 0 radical (unpaired) electrons. The van der Waals surface area contributed by atoms with Gasteiger partial charge < -0.3 is 10.6 Å². The number of halogens is 3. The third kappa shape index (κ3) is 2.97. The van der Waals surface area contributed by atoms with Gasteiger partial charge in [-0.05, 0) is 11.6 Å². The number of hydrogen-bond acceptors (Lipinski definition) is 3. The Balaban J connectivity index is 0.00000144. The maximum absolute atomic E-state index is 6.17. The number of guanidine groups is 1. The highest BCUT2D eigenvalue weighted by Crippen LogP contribution is 2.30. The summed E-state index contributed by atoms with van der Waals surface area (Å²) in [6, 6.07) is 7.88. The molecular weight excluding hydrogens is 281 g/mol. The molecule has 6 heteroatoms. The second-order valence-corrected chi connectivity index (χ2v) is 4.40. The monoisotopic (exact) mass is 293 g/mol. The molecule has 3 nitrogen and oxygen atoms in total. The normalized spacial score (nSPS) is 18.8. The third-order valence-corrected chi connectivity index (χ3v) is 3.20. The van der Waals surface area contributed by atoms with Gasteiger partial charge in [-0.25, -0.2) is 0 Å². The van der Waals surface area contributed by atoms with Crippen molar-refractivity contribution in [2.24, 2.45) is 10.7 Å². The smallest absolute Gasteiger partial charge is 0.191 e. The Labute approximate surface area is 117 Å². The lowest BCUT2D eigenvalue weighted by Crippen LogP contribution is -2.37. The van der Waals surface area contributed by atoms with Crippen molar-refractivity contribution in [1.82, 2.24) is 4.90 Å². The molecule has 0 saturated carbocycles. The van der Waals surface area contributed by atoms with Gasteiger partial charge in [-0.15, -0.1) is 24.0 Å². The predicted molar refractivity (Wildman–Crippen MR) is 75.4 cm³/mol. The zero-order valence-corrected chi connectivity index (χ0v) is 11.5. The molecule has 1 aromatic carbocycles. The second kappa shape index (κ2) is 6.34. The Morgan fingerprint density at radius 2 is 2.12 bits per heavy atom. The van der Waals surface area contributed by atoms with Gasteiger partial charge in [-0.1, -0.05) is 29.8 Å². The van der Waals surface area contributed by atoms with Gasteiger partial charge in [0.25, 0.3) is 0 Å². The maximum Gasteiger partial charge on any atom is 0.191 e. The molecule has 1 atom stereocenters. The quantitative estimate of drug-likeness (QED) is 0.871. The van der Waals surface area contributed by atoms with E-state index in [0.29, 0.717) is 24.9 Å². The molecule has 0 spiro atoms. The fraction of sp³-hybridized carbons (Fsp3) is 0.364. The van der Waals surface area contributed by atoms with E-state index < -0.39 is 0 Å². The molecule has 0 saturated heterocycles. The molecule has 0 fully saturated rings. The van der Waals surface area contributed by atoms with Crippen molar-refractivity contribution in [2.75, 3.05) is 19.0 Å². The summed E-state index contributed by atoms with van der Waals surface area (Å²) in [4.78, 5) is 6.23. The van der Waals surface area contributed by atoms with Gasteiger partial charge in [-0.3, -0.25) is 4.99 Å². The molecule has 0 amide bonds. The minimum atomic E-state index is 0. The highest BCUT2D eigenvalue weighted by atomic mass is 35.5. The van der Waals surface area contributed by atoms with Crippen LogP contribution in [0.2, 0.25) is 5.02 Å². The maximum atomic E-state index is 6.17. The molecule has 0 bridgehead atoms. The minimum absolute atomic E-state index is 0. The van der Waals surface area contributed by atoms with E-state index in [-0.39, 0.29) is 18.4 Å². The Morgan fingerprint density at radius 3 is 2.76 bits per heavy atom. The van der Waals surface area contributed by atoms with Gasteiger partial charge >= 0.3 is 0 Å². The van der Waals surface area contributed by atoms with E-state index in [1.54, 1.807) is 0 Å². The number of benzene rings is 1. The van der Waals surface area contributed by atoms with Crippen molar-refractivity contribution in [3.8, 4) is 0 Å². The molecule has 1 aliphatic heterocycles. The summed E-state index contributed by atoms with van der Waals surface area (Å²) in [7, 11) is 0. The largest absolute Gasteiger partial charge is 0.370 e. The summed E-state index contributed by atoms with van der Waals surface area (Å²) < 4.78 is 0.